The van der Waals surface area contributed by atoms with Crippen molar-refractivity contribution in [3.8, 4) is 11.5 Å². The first-order valence-electron chi connectivity index (χ1n) is 9.22. The smallest absolute Gasteiger partial charge is 0.281 e. The third-order valence-corrected chi connectivity index (χ3v) is 5.04. The lowest BCUT2D eigenvalue weighted by Crippen LogP contribution is -2.42. The van der Waals surface area contributed by atoms with E-state index in [4.69, 9.17) is 9.47 Å². The van der Waals surface area contributed by atoms with E-state index in [9.17, 15) is 14.4 Å². The van der Waals surface area contributed by atoms with E-state index in [1.165, 1.54) is 18.9 Å². The standard InChI is InChI=1S/C19H27N3O5S/c1-13(2)7-10-27-15-5-4-14(12-16(15)26-3)18(24)21-20-17(23)6-8-22-9-11-28-19(22)25/h4-5,12-13H,6-11H2,1-3H3,(H,20,23)(H,21,24). The monoisotopic (exact) mass is 409 g/mol. The van der Waals surface area contributed by atoms with Crippen LogP contribution in [0.3, 0.4) is 0 Å². The predicted molar refractivity (Wildman–Crippen MR) is 108 cm³/mol. The van der Waals surface area contributed by atoms with Gasteiger partial charge in [0.15, 0.2) is 11.5 Å². The SMILES string of the molecule is COc1cc(C(=O)NNC(=O)CCN2CCSC2=O)ccc1OCCC(C)C. The van der Waals surface area contributed by atoms with Crippen LogP contribution < -0.4 is 20.3 Å². The Kier molecular flexibility index (Phi) is 8.43. The van der Waals surface area contributed by atoms with E-state index in [1.807, 2.05) is 0 Å². The van der Waals surface area contributed by atoms with E-state index >= 15 is 0 Å². The summed E-state index contributed by atoms with van der Waals surface area (Å²) in [6.07, 6.45) is 1.04. The highest BCUT2D eigenvalue weighted by Crippen LogP contribution is 2.28. The second-order valence-corrected chi connectivity index (χ2v) is 7.80. The molecule has 28 heavy (non-hydrogen) atoms. The molecule has 1 heterocycles. The molecule has 1 fully saturated rings. The molecule has 0 atom stereocenters. The van der Waals surface area contributed by atoms with Gasteiger partial charge in [-0.25, -0.2) is 0 Å². The molecule has 2 rings (SSSR count). The van der Waals surface area contributed by atoms with Crippen molar-refractivity contribution in [3.63, 3.8) is 0 Å². The first kappa shape index (κ1) is 21.9. The Morgan fingerprint density at radius 2 is 2.04 bits per heavy atom. The summed E-state index contributed by atoms with van der Waals surface area (Å²) in [6, 6.07) is 4.84. The molecule has 0 unspecified atom stereocenters. The maximum atomic E-state index is 12.3. The molecule has 0 radical (unpaired) electrons. The Morgan fingerprint density at radius 1 is 1.25 bits per heavy atom. The maximum absolute atomic E-state index is 12.3. The number of benzene rings is 1. The molecule has 3 amide bonds. The lowest BCUT2D eigenvalue weighted by molar-refractivity contribution is -0.122. The minimum atomic E-state index is -0.465. The zero-order chi connectivity index (χ0) is 20.5. The van der Waals surface area contributed by atoms with Gasteiger partial charge in [0.1, 0.15) is 0 Å². The number of hydrazine groups is 1. The minimum Gasteiger partial charge on any atom is -0.493 e. The molecule has 1 aliphatic heterocycles. The van der Waals surface area contributed by atoms with Crippen LogP contribution >= 0.6 is 11.8 Å². The summed E-state index contributed by atoms with van der Waals surface area (Å²) in [5, 5.41) is -0.0142. The van der Waals surface area contributed by atoms with E-state index in [2.05, 4.69) is 24.7 Å². The first-order chi connectivity index (χ1) is 13.4. The zero-order valence-corrected chi connectivity index (χ0v) is 17.3. The summed E-state index contributed by atoms with van der Waals surface area (Å²) in [7, 11) is 1.51. The number of thioether (sulfide) groups is 1. The minimum absolute atomic E-state index is 0.0142. The number of ether oxygens (including phenoxy) is 2. The van der Waals surface area contributed by atoms with Gasteiger partial charge in [0.25, 0.3) is 11.1 Å². The summed E-state index contributed by atoms with van der Waals surface area (Å²) in [5.41, 5.74) is 5.07. The number of hydrogen-bond donors (Lipinski definition) is 2. The summed E-state index contributed by atoms with van der Waals surface area (Å²) < 4.78 is 11.0. The van der Waals surface area contributed by atoms with Crippen LogP contribution in [0.4, 0.5) is 4.79 Å². The molecule has 0 spiro atoms. The van der Waals surface area contributed by atoms with Crippen LogP contribution in [0.15, 0.2) is 18.2 Å². The molecule has 9 heteroatoms. The number of carbonyl (C=O) groups excluding carboxylic acids is 3. The Labute approximate surface area is 169 Å². The van der Waals surface area contributed by atoms with E-state index in [0.717, 1.165) is 12.2 Å². The van der Waals surface area contributed by atoms with Gasteiger partial charge in [-0.05, 0) is 30.5 Å². The molecule has 0 aromatic heterocycles. The summed E-state index contributed by atoms with van der Waals surface area (Å²) in [5.74, 6) is 1.47. The number of carbonyl (C=O) groups is 3. The van der Waals surface area contributed by atoms with Crippen molar-refractivity contribution in [2.75, 3.05) is 32.6 Å². The first-order valence-corrected chi connectivity index (χ1v) is 10.2. The number of nitrogens with zero attached hydrogens (tertiary/aromatic N) is 1. The average molecular weight is 410 g/mol. The molecular weight excluding hydrogens is 382 g/mol. The van der Waals surface area contributed by atoms with Crippen molar-refractivity contribution >= 4 is 28.8 Å². The van der Waals surface area contributed by atoms with Crippen LogP contribution in [0.2, 0.25) is 0 Å². The molecule has 1 aromatic rings. The average Bonchev–Trinajstić information content (AvgIpc) is 3.09. The van der Waals surface area contributed by atoms with E-state index in [-0.39, 0.29) is 17.6 Å². The topological polar surface area (TPSA) is 97.0 Å². The van der Waals surface area contributed by atoms with Crippen LogP contribution in [0.5, 0.6) is 11.5 Å². The molecule has 0 saturated carbocycles. The number of amides is 3. The van der Waals surface area contributed by atoms with Crippen molar-refractivity contribution in [1.82, 2.24) is 15.8 Å². The van der Waals surface area contributed by atoms with Crippen LogP contribution in [-0.4, -0.2) is 54.5 Å². The zero-order valence-electron chi connectivity index (χ0n) is 16.4. The maximum Gasteiger partial charge on any atom is 0.281 e. The molecule has 0 bridgehead atoms. The lowest BCUT2D eigenvalue weighted by Gasteiger charge is -2.15. The normalized spacial score (nSPS) is 13.6. The number of hydrogen-bond acceptors (Lipinski definition) is 6. The Bertz CT molecular complexity index is 711. The summed E-state index contributed by atoms with van der Waals surface area (Å²) in [6.45, 7) is 5.78. The van der Waals surface area contributed by atoms with Gasteiger partial charge in [0.05, 0.1) is 13.7 Å². The van der Waals surface area contributed by atoms with Gasteiger partial charge in [-0.2, -0.15) is 0 Å². The molecule has 1 aliphatic rings. The second-order valence-electron chi connectivity index (χ2n) is 6.75. The van der Waals surface area contributed by atoms with Crippen molar-refractivity contribution in [2.45, 2.75) is 26.7 Å². The number of methoxy groups -OCH3 is 1. The third-order valence-electron chi connectivity index (χ3n) is 4.15. The highest BCUT2D eigenvalue weighted by molar-refractivity contribution is 8.13. The lowest BCUT2D eigenvalue weighted by atomic mass is 10.1. The molecule has 1 saturated heterocycles. The van der Waals surface area contributed by atoms with Crippen molar-refractivity contribution < 1.29 is 23.9 Å². The number of nitrogens with one attached hydrogen (secondary N) is 2. The quantitative estimate of drug-likeness (QED) is 0.608. The van der Waals surface area contributed by atoms with Gasteiger partial charge in [0, 0.05) is 30.8 Å². The Morgan fingerprint density at radius 3 is 2.68 bits per heavy atom. The van der Waals surface area contributed by atoms with Gasteiger partial charge in [-0.1, -0.05) is 25.6 Å². The van der Waals surface area contributed by atoms with E-state index in [1.54, 1.807) is 23.1 Å². The van der Waals surface area contributed by atoms with Crippen molar-refractivity contribution in [3.05, 3.63) is 23.8 Å². The van der Waals surface area contributed by atoms with Crippen LogP contribution in [0, 0.1) is 5.92 Å². The predicted octanol–water partition coefficient (Wildman–Crippen LogP) is 2.44. The van der Waals surface area contributed by atoms with Crippen LogP contribution in [-0.2, 0) is 4.79 Å². The summed E-state index contributed by atoms with van der Waals surface area (Å²) in [4.78, 5) is 37.2. The Hall–Kier alpha value is -2.42. The highest BCUT2D eigenvalue weighted by Gasteiger charge is 2.21. The summed E-state index contributed by atoms with van der Waals surface area (Å²) >= 11 is 1.25. The van der Waals surface area contributed by atoms with Crippen LogP contribution in [0.25, 0.3) is 0 Å². The molecule has 1 aromatic carbocycles. The highest BCUT2D eigenvalue weighted by atomic mass is 32.2. The Balaban J connectivity index is 1.82. The number of rotatable bonds is 9. The fourth-order valence-electron chi connectivity index (χ4n) is 2.46. The van der Waals surface area contributed by atoms with E-state index in [0.29, 0.717) is 42.7 Å². The fourth-order valence-corrected chi connectivity index (χ4v) is 3.31. The molecule has 154 valence electrons. The van der Waals surface area contributed by atoms with Gasteiger partial charge in [0.2, 0.25) is 5.91 Å². The third kappa shape index (κ3) is 6.63. The van der Waals surface area contributed by atoms with Gasteiger partial charge in [-0.15, -0.1) is 0 Å². The van der Waals surface area contributed by atoms with Gasteiger partial charge in [-0.3, -0.25) is 25.2 Å². The second kappa shape index (κ2) is 10.8. The molecule has 8 nitrogen and oxygen atoms in total. The molecule has 2 N–H and O–H groups in total. The molecule has 0 aliphatic carbocycles. The molecular formula is C19H27N3O5S. The van der Waals surface area contributed by atoms with Crippen molar-refractivity contribution in [1.29, 1.82) is 0 Å². The van der Waals surface area contributed by atoms with Crippen LogP contribution in [0.1, 0.15) is 37.0 Å². The largest absolute Gasteiger partial charge is 0.493 e. The van der Waals surface area contributed by atoms with Gasteiger partial charge >= 0.3 is 0 Å². The van der Waals surface area contributed by atoms with Gasteiger partial charge < -0.3 is 14.4 Å². The van der Waals surface area contributed by atoms with Crippen molar-refractivity contribution in [2.24, 2.45) is 5.92 Å². The van der Waals surface area contributed by atoms with E-state index < -0.39 is 5.91 Å². The fraction of sp³-hybridized carbons (Fsp3) is 0.526.